The van der Waals surface area contributed by atoms with Crippen LogP contribution < -0.4 is 5.32 Å². The topological polar surface area (TPSA) is 60.4 Å². The molecule has 7 heteroatoms. The number of fused-ring (bicyclic) bond motifs is 1. The molecule has 0 saturated carbocycles. The average Bonchev–Trinajstić information content (AvgIpc) is 3.49. The second-order valence-electron chi connectivity index (χ2n) is 10.2. The van der Waals surface area contributed by atoms with Crippen molar-refractivity contribution < 1.29 is 9.53 Å². The van der Waals surface area contributed by atoms with Crippen molar-refractivity contribution in [2.75, 3.05) is 33.0 Å². The van der Waals surface area contributed by atoms with Gasteiger partial charge in [0.2, 0.25) is 0 Å². The predicted octanol–water partition coefficient (Wildman–Crippen LogP) is 4.10. The highest BCUT2D eigenvalue weighted by Gasteiger charge is 2.40. The molecule has 0 spiro atoms. The third kappa shape index (κ3) is 4.58. The molecule has 0 aromatic heterocycles. The first-order valence-electron chi connectivity index (χ1n) is 12.7. The van der Waals surface area contributed by atoms with Crippen LogP contribution in [0.25, 0.3) is 11.1 Å². The van der Waals surface area contributed by atoms with Crippen molar-refractivity contribution in [3.63, 3.8) is 0 Å². The molecule has 2 fully saturated rings. The van der Waals surface area contributed by atoms with E-state index < -0.39 is 0 Å². The fourth-order valence-corrected chi connectivity index (χ4v) is 5.74. The zero-order valence-corrected chi connectivity index (χ0v) is 20.3. The van der Waals surface area contributed by atoms with Crippen LogP contribution in [0.5, 0.6) is 0 Å². The van der Waals surface area contributed by atoms with Gasteiger partial charge in [0.15, 0.2) is 5.82 Å². The molecular weight excluding hydrogens is 438 g/mol. The molecular formula is C28H33N5O2. The van der Waals surface area contributed by atoms with Crippen LogP contribution in [-0.4, -0.2) is 65.6 Å². The molecule has 2 atom stereocenters. The van der Waals surface area contributed by atoms with Gasteiger partial charge in [-0.15, -0.1) is 0 Å². The van der Waals surface area contributed by atoms with Crippen LogP contribution in [0, 0.1) is 11.8 Å². The number of amidine groups is 1. The molecule has 2 aromatic carbocycles. The van der Waals surface area contributed by atoms with Crippen molar-refractivity contribution in [2.45, 2.75) is 32.4 Å². The van der Waals surface area contributed by atoms with Crippen LogP contribution in [-0.2, 0) is 11.3 Å². The Hall–Kier alpha value is -3.16. The average molecular weight is 472 g/mol. The number of rotatable bonds is 5. The lowest BCUT2D eigenvalue weighted by Crippen LogP contribution is -2.50. The SMILES string of the molecule is CC1CN(Cc2ccc(-c3ccccc3)cc2)CC1C1=NC2=CN(C3CCOCC3)CN2C(=O)N1. The van der Waals surface area contributed by atoms with E-state index in [4.69, 9.17) is 9.73 Å². The lowest BCUT2D eigenvalue weighted by atomic mass is 9.96. The van der Waals surface area contributed by atoms with Gasteiger partial charge in [-0.3, -0.25) is 15.1 Å². The molecule has 2 saturated heterocycles. The van der Waals surface area contributed by atoms with E-state index in [-0.39, 0.29) is 11.9 Å². The Bertz CT molecular complexity index is 1120. The Balaban J connectivity index is 1.12. The lowest BCUT2D eigenvalue weighted by Gasteiger charge is -2.32. The molecule has 7 nitrogen and oxygen atoms in total. The monoisotopic (exact) mass is 471 g/mol. The highest BCUT2D eigenvalue weighted by atomic mass is 16.5. The molecule has 0 aliphatic carbocycles. The number of hydrogen-bond donors (Lipinski definition) is 1. The minimum Gasteiger partial charge on any atom is -0.381 e. The number of benzene rings is 2. The minimum atomic E-state index is -0.0574. The van der Waals surface area contributed by atoms with Crippen LogP contribution in [0.4, 0.5) is 4.79 Å². The van der Waals surface area contributed by atoms with Gasteiger partial charge in [-0.1, -0.05) is 61.5 Å². The van der Waals surface area contributed by atoms with E-state index in [1.54, 1.807) is 4.90 Å². The second-order valence-corrected chi connectivity index (χ2v) is 10.2. The Labute approximate surface area is 207 Å². The summed E-state index contributed by atoms with van der Waals surface area (Å²) >= 11 is 0. The molecule has 4 aliphatic rings. The maximum Gasteiger partial charge on any atom is 0.329 e. The maximum atomic E-state index is 12.9. The molecule has 4 aliphatic heterocycles. The first kappa shape index (κ1) is 22.3. The molecule has 4 heterocycles. The van der Waals surface area contributed by atoms with Gasteiger partial charge < -0.3 is 9.64 Å². The number of nitrogens with one attached hydrogen (secondary N) is 1. The molecule has 2 unspecified atom stereocenters. The number of hydrogen-bond acceptors (Lipinski definition) is 5. The van der Waals surface area contributed by atoms with Crippen molar-refractivity contribution in [3.8, 4) is 11.1 Å². The summed E-state index contributed by atoms with van der Waals surface area (Å²) in [7, 11) is 0. The summed E-state index contributed by atoms with van der Waals surface area (Å²) in [6, 6.07) is 19.7. The van der Waals surface area contributed by atoms with E-state index in [0.29, 0.717) is 18.6 Å². The van der Waals surface area contributed by atoms with Gasteiger partial charge in [0.25, 0.3) is 0 Å². The van der Waals surface area contributed by atoms with Gasteiger partial charge >= 0.3 is 6.03 Å². The Morgan fingerprint density at radius 2 is 1.74 bits per heavy atom. The number of nitrogens with zero attached hydrogens (tertiary/aromatic N) is 4. The number of aliphatic imine (C=N–C) groups is 1. The van der Waals surface area contributed by atoms with Crippen LogP contribution in [0.2, 0.25) is 0 Å². The third-order valence-corrected chi connectivity index (χ3v) is 7.74. The number of ether oxygens (including phenoxy) is 1. The van der Waals surface area contributed by atoms with Crippen molar-refractivity contribution in [2.24, 2.45) is 16.8 Å². The van der Waals surface area contributed by atoms with Crippen LogP contribution in [0.15, 0.2) is 71.6 Å². The summed E-state index contributed by atoms with van der Waals surface area (Å²) in [6.07, 6.45) is 4.06. The Kier molecular flexibility index (Phi) is 6.04. The van der Waals surface area contributed by atoms with E-state index >= 15 is 0 Å². The highest BCUT2D eigenvalue weighted by Crippen LogP contribution is 2.31. The van der Waals surface area contributed by atoms with Gasteiger partial charge in [0.1, 0.15) is 12.5 Å². The quantitative estimate of drug-likeness (QED) is 0.714. The number of carbonyl (C=O) groups is 1. The molecule has 6 rings (SSSR count). The minimum absolute atomic E-state index is 0.0574. The number of carbonyl (C=O) groups excluding carboxylic acids is 1. The first-order valence-corrected chi connectivity index (χ1v) is 12.7. The fourth-order valence-electron chi connectivity index (χ4n) is 5.74. The largest absolute Gasteiger partial charge is 0.381 e. The van der Waals surface area contributed by atoms with Crippen LogP contribution in [0.3, 0.4) is 0 Å². The maximum absolute atomic E-state index is 12.9. The van der Waals surface area contributed by atoms with Gasteiger partial charge in [0, 0.05) is 51.0 Å². The van der Waals surface area contributed by atoms with E-state index in [1.807, 2.05) is 6.07 Å². The normalized spacial score (nSPS) is 25.3. The van der Waals surface area contributed by atoms with Crippen LogP contribution in [0.1, 0.15) is 25.3 Å². The van der Waals surface area contributed by atoms with E-state index in [9.17, 15) is 4.79 Å². The summed E-state index contributed by atoms with van der Waals surface area (Å²) in [5.74, 6) is 2.25. The van der Waals surface area contributed by atoms with E-state index in [1.165, 1.54) is 16.7 Å². The summed E-state index contributed by atoms with van der Waals surface area (Å²) in [6.45, 7) is 7.22. The predicted molar refractivity (Wildman–Crippen MR) is 136 cm³/mol. The Morgan fingerprint density at radius 1 is 1.00 bits per heavy atom. The van der Waals surface area contributed by atoms with Gasteiger partial charge in [0.05, 0.1) is 0 Å². The lowest BCUT2D eigenvalue weighted by molar-refractivity contribution is 0.0459. The van der Waals surface area contributed by atoms with E-state index in [0.717, 1.165) is 57.3 Å². The van der Waals surface area contributed by atoms with Crippen molar-refractivity contribution in [1.82, 2.24) is 20.0 Å². The Morgan fingerprint density at radius 3 is 2.51 bits per heavy atom. The zero-order valence-electron chi connectivity index (χ0n) is 20.3. The molecule has 0 bridgehead atoms. The standard InChI is InChI=1S/C28H33N5O2/c1-20-15-31(16-21-7-9-23(10-8-21)22-5-3-2-4-6-22)17-25(20)27-29-26-18-32(19-33(26)28(34)30-27)24-11-13-35-14-12-24/h2-10,18,20,24-25H,11-17,19H2,1H3,(H,29,30,34). The molecule has 2 amide bonds. The first-order chi connectivity index (χ1) is 17.1. The molecule has 182 valence electrons. The van der Waals surface area contributed by atoms with Gasteiger partial charge in [-0.2, -0.15) is 0 Å². The zero-order chi connectivity index (χ0) is 23.8. The summed E-state index contributed by atoms with van der Waals surface area (Å²) in [5.41, 5.74) is 3.79. The summed E-state index contributed by atoms with van der Waals surface area (Å²) < 4.78 is 5.50. The molecule has 1 N–H and O–H groups in total. The summed E-state index contributed by atoms with van der Waals surface area (Å²) in [4.78, 5) is 24.3. The van der Waals surface area contributed by atoms with Gasteiger partial charge in [-0.05, 0) is 35.4 Å². The smallest absolute Gasteiger partial charge is 0.329 e. The number of urea groups is 1. The molecule has 2 aromatic rings. The van der Waals surface area contributed by atoms with Crippen molar-refractivity contribution in [1.29, 1.82) is 0 Å². The van der Waals surface area contributed by atoms with Crippen molar-refractivity contribution in [3.05, 3.63) is 72.2 Å². The third-order valence-electron chi connectivity index (χ3n) is 7.74. The molecule has 0 radical (unpaired) electrons. The number of likely N-dealkylation sites (tertiary alicyclic amines) is 1. The highest BCUT2D eigenvalue weighted by molar-refractivity contribution is 6.02. The summed E-state index contributed by atoms with van der Waals surface area (Å²) in [5, 5.41) is 3.11. The second kappa shape index (κ2) is 9.47. The van der Waals surface area contributed by atoms with Gasteiger partial charge in [-0.25, -0.2) is 9.79 Å². The van der Waals surface area contributed by atoms with Crippen molar-refractivity contribution >= 4 is 11.9 Å². The fraction of sp³-hybridized carbons (Fsp3) is 0.429. The molecule has 35 heavy (non-hydrogen) atoms. The number of amides is 2. The van der Waals surface area contributed by atoms with E-state index in [2.05, 4.69) is 76.8 Å². The van der Waals surface area contributed by atoms with Crippen LogP contribution >= 0.6 is 0 Å².